The van der Waals surface area contributed by atoms with Crippen molar-refractivity contribution in [2.24, 2.45) is 0 Å². The molecule has 0 aliphatic heterocycles. The van der Waals surface area contributed by atoms with Crippen molar-refractivity contribution in [1.29, 1.82) is 0 Å². The van der Waals surface area contributed by atoms with Crippen LogP contribution in [0.15, 0.2) is 47.2 Å². The highest BCUT2D eigenvalue weighted by Crippen LogP contribution is 2.23. The molecule has 0 aliphatic carbocycles. The SMILES string of the molecule is Cc1ccc(C(C)Nc2ccc3nnc(-c4ccsc4)n3n2)cc1F. The topological polar surface area (TPSA) is 55.1 Å². The molecule has 0 saturated heterocycles. The summed E-state index contributed by atoms with van der Waals surface area (Å²) in [5, 5.41) is 20.3. The Bertz CT molecular complexity index is 1030. The number of anilines is 1. The van der Waals surface area contributed by atoms with E-state index in [9.17, 15) is 4.39 Å². The zero-order valence-corrected chi connectivity index (χ0v) is 14.6. The highest BCUT2D eigenvalue weighted by molar-refractivity contribution is 7.08. The Morgan fingerprint density at radius 3 is 2.80 bits per heavy atom. The maximum atomic E-state index is 13.8. The fourth-order valence-electron chi connectivity index (χ4n) is 2.62. The standard InChI is InChI=1S/C18H16FN5S/c1-11-3-4-13(9-15(11)19)12(2)20-16-5-6-17-21-22-18(24(17)23-16)14-7-8-25-10-14/h3-10,12H,1-2H3,(H,20,23). The minimum absolute atomic E-state index is 0.0823. The van der Waals surface area contributed by atoms with Crippen molar-refractivity contribution in [3.63, 3.8) is 0 Å². The second kappa shape index (κ2) is 6.25. The van der Waals surface area contributed by atoms with Gasteiger partial charge in [-0.1, -0.05) is 12.1 Å². The van der Waals surface area contributed by atoms with Crippen LogP contribution in [0.2, 0.25) is 0 Å². The van der Waals surface area contributed by atoms with Gasteiger partial charge in [-0.3, -0.25) is 0 Å². The summed E-state index contributed by atoms with van der Waals surface area (Å²) in [6, 6.07) is 10.9. The molecule has 1 aromatic carbocycles. The van der Waals surface area contributed by atoms with E-state index in [-0.39, 0.29) is 11.9 Å². The van der Waals surface area contributed by atoms with Gasteiger partial charge in [0, 0.05) is 10.9 Å². The molecule has 3 aromatic heterocycles. The Morgan fingerprint density at radius 2 is 2.04 bits per heavy atom. The number of fused-ring (bicyclic) bond motifs is 1. The Morgan fingerprint density at radius 1 is 1.16 bits per heavy atom. The van der Waals surface area contributed by atoms with Gasteiger partial charge in [0.1, 0.15) is 11.6 Å². The monoisotopic (exact) mass is 353 g/mol. The molecule has 25 heavy (non-hydrogen) atoms. The molecular formula is C18H16FN5S. The highest BCUT2D eigenvalue weighted by Gasteiger charge is 2.12. The number of nitrogens with one attached hydrogen (secondary N) is 1. The molecule has 3 heterocycles. The Balaban J connectivity index is 1.65. The third kappa shape index (κ3) is 2.98. The summed E-state index contributed by atoms with van der Waals surface area (Å²) in [5.74, 6) is 1.18. The minimum Gasteiger partial charge on any atom is -0.362 e. The molecule has 0 bridgehead atoms. The van der Waals surface area contributed by atoms with Crippen molar-refractivity contribution in [3.8, 4) is 11.4 Å². The van der Waals surface area contributed by atoms with Crippen molar-refractivity contribution in [1.82, 2.24) is 19.8 Å². The molecule has 0 spiro atoms. The molecule has 4 rings (SSSR count). The molecule has 1 unspecified atom stereocenters. The Kier molecular flexibility index (Phi) is 3.93. The molecule has 4 aromatic rings. The van der Waals surface area contributed by atoms with Crippen molar-refractivity contribution in [2.75, 3.05) is 5.32 Å². The number of rotatable bonds is 4. The summed E-state index contributed by atoms with van der Waals surface area (Å²) in [5.41, 5.74) is 3.17. The zero-order valence-electron chi connectivity index (χ0n) is 13.8. The third-order valence-corrected chi connectivity index (χ3v) is 4.79. The number of hydrogen-bond donors (Lipinski definition) is 1. The van der Waals surface area contributed by atoms with Crippen molar-refractivity contribution in [2.45, 2.75) is 19.9 Å². The first-order chi connectivity index (χ1) is 12.1. The van der Waals surface area contributed by atoms with Gasteiger partial charge in [-0.2, -0.15) is 15.9 Å². The van der Waals surface area contributed by atoms with Crippen LogP contribution >= 0.6 is 11.3 Å². The van der Waals surface area contributed by atoms with Crippen LogP contribution in [0.1, 0.15) is 24.1 Å². The number of nitrogens with zero attached hydrogens (tertiary/aromatic N) is 4. The van der Waals surface area contributed by atoms with Gasteiger partial charge in [0.2, 0.25) is 0 Å². The Labute approximate surface area is 148 Å². The van der Waals surface area contributed by atoms with Gasteiger partial charge >= 0.3 is 0 Å². The van der Waals surface area contributed by atoms with E-state index in [0.29, 0.717) is 22.9 Å². The van der Waals surface area contributed by atoms with Gasteiger partial charge in [0.15, 0.2) is 11.5 Å². The molecule has 1 N–H and O–H groups in total. The lowest BCUT2D eigenvalue weighted by atomic mass is 10.1. The first-order valence-corrected chi connectivity index (χ1v) is 8.84. The Hall–Kier alpha value is -2.80. The number of benzene rings is 1. The predicted octanol–water partition coefficient (Wildman–Crippen LogP) is 4.47. The minimum atomic E-state index is -0.201. The van der Waals surface area contributed by atoms with Crippen LogP contribution < -0.4 is 5.32 Å². The van der Waals surface area contributed by atoms with Gasteiger partial charge in [-0.05, 0) is 54.6 Å². The fourth-order valence-corrected chi connectivity index (χ4v) is 3.26. The van der Waals surface area contributed by atoms with Crippen LogP contribution in [-0.2, 0) is 0 Å². The fraction of sp³-hybridized carbons (Fsp3) is 0.167. The first-order valence-electron chi connectivity index (χ1n) is 7.89. The predicted molar refractivity (Wildman–Crippen MR) is 97.3 cm³/mol. The quantitative estimate of drug-likeness (QED) is 0.588. The molecule has 126 valence electrons. The van der Waals surface area contributed by atoms with E-state index in [2.05, 4.69) is 20.6 Å². The lowest BCUT2D eigenvalue weighted by Crippen LogP contribution is -2.10. The van der Waals surface area contributed by atoms with Gasteiger partial charge in [-0.25, -0.2) is 4.39 Å². The molecule has 0 radical (unpaired) electrons. The highest BCUT2D eigenvalue weighted by atomic mass is 32.1. The van der Waals surface area contributed by atoms with Crippen molar-refractivity contribution >= 4 is 22.8 Å². The number of aryl methyl sites for hydroxylation is 1. The summed E-state index contributed by atoms with van der Waals surface area (Å²) in [7, 11) is 0. The molecule has 5 nitrogen and oxygen atoms in total. The molecule has 0 amide bonds. The van der Waals surface area contributed by atoms with Gasteiger partial charge in [0.25, 0.3) is 0 Å². The van der Waals surface area contributed by atoms with Crippen molar-refractivity contribution < 1.29 is 4.39 Å². The van der Waals surface area contributed by atoms with Gasteiger partial charge in [-0.15, -0.1) is 15.3 Å². The molecule has 0 fully saturated rings. The summed E-state index contributed by atoms with van der Waals surface area (Å²) >= 11 is 1.60. The average Bonchev–Trinajstić information content (AvgIpc) is 3.26. The largest absolute Gasteiger partial charge is 0.362 e. The van der Waals surface area contributed by atoms with E-state index in [1.165, 1.54) is 0 Å². The van der Waals surface area contributed by atoms with Crippen LogP contribution in [0.5, 0.6) is 0 Å². The van der Waals surface area contributed by atoms with Crippen LogP contribution in [-0.4, -0.2) is 19.8 Å². The second-order valence-corrected chi connectivity index (χ2v) is 6.68. The molecular weight excluding hydrogens is 337 g/mol. The second-order valence-electron chi connectivity index (χ2n) is 5.90. The van der Waals surface area contributed by atoms with E-state index in [4.69, 9.17) is 0 Å². The summed E-state index contributed by atoms with van der Waals surface area (Å²) in [4.78, 5) is 0. The van der Waals surface area contributed by atoms with Crippen LogP contribution in [0.3, 0.4) is 0 Å². The van der Waals surface area contributed by atoms with E-state index in [0.717, 1.165) is 11.1 Å². The van der Waals surface area contributed by atoms with Crippen LogP contribution in [0, 0.1) is 12.7 Å². The normalized spacial score (nSPS) is 12.4. The number of halogens is 1. The number of aromatic nitrogens is 4. The summed E-state index contributed by atoms with van der Waals surface area (Å²) in [6.45, 7) is 3.73. The summed E-state index contributed by atoms with van der Waals surface area (Å²) < 4.78 is 15.5. The lowest BCUT2D eigenvalue weighted by Gasteiger charge is -2.15. The van der Waals surface area contributed by atoms with Gasteiger partial charge in [0.05, 0.1) is 6.04 Å². The third-order valence-electron chi connectivity index (χ3n) is 4.10. The van der Waals surface area contributed by atoms with Crippen LogP contribution in [0.25, 0.3) is 17.0 Å². The van der Waals surface area contributed by atoms with Gasteiger partial charge < -0.3 is 5.32 Å². The maximum absolute atomic E-state index is 13.8. The zero-order chi connectivity index (χ0) is 17.4. The number of hydrogen-bond acceptors (Lipinski definition) is 5. The molecule has 0 saturated carbocycles. The number of thiophene rings is 1. The maximum Gasteiger partial charge on any atom is 0.186 e. The van der Waals surface area contributed by atoms with E-state index in [1.807, 2.05) is 41.9 Å². The lowest BCUT2D eigenvalue weighted by molar-refractivity contribution is 0.614. The van der Waals surface area contributed by atoms with Crippen LogP contribution in [0.4, 0.5) is 10.2 Å². The first kappa shape index (κ1) is 15.7. The van der Waals surface area contributed by atoms with E-state index in [1.54, 1.807) is 34.9 Å². The molecule has 0 aliphatic rings. The van der Waals surface area contributed by atoms with E-state index >= 15 is 0 Å². The van der Waals surface area contributed by atoms with E-state index < -0.39 is 0 Å². The molecule has 7 heteroatoms. The molecule has 1 atom stereocenters. The van der Waals surface area contributed by atoms with Crippen molar-refractivity contribution in [3.05, 3.63) is 64.1 Å². The smallest absolute Gasteiger partial charge is 0.186 e. The summed E-state index contributed by atoms with van der Waals surface area (Å²) in [6.07, 6.45) is 0. The average molecular weight is 353 g/mol.